The first kappa shape index (κ1) is 21.6. The van der Waals surface area contributed by atoms with Gasteiger partial charge in [0.2, 0.25) is 0 Å². The number of halogens is 2. The van der Waals surface area contributed by atoms with Gasteiger partial charge in [-0.25, -0.2) is 4.79 Å². The topological polar surface area (TPSA) is 129 Å². The molecule has 1 atom stereocenters. The second-order valence-electron chi connectivity index (χ2n) is 6.18. The fourth-order valence-corrected chi connectivity index (χ4v) is 2.79. The van der Waals surface area contributed by atoms with Crippen molar-refractivity contribution in [3.05, 3.63) is 69.8 Å². The lowest BCUT2D eigenvalue weighted by Gasteiger charge is -2.13. The van der Waals surface area contributed by atoms with E-state index in [1.54, 1.807) is 37.3 Å². The molecule has 1 heterocycles. The van der Waals surface area contributed by atoms with Crippen LogP contribution >= 0.6 is 23.2 Å². The van der Waals surface area contributed by atoms with Crippen LogP contribution in [0.15, 0.2) is 47.0 Å². The van der Waals surface area contributed by atoms with Gasteiger partial charge in [0.05, 0.1) is 16.7 Å². The van der Waals surface area contributed by atoms with E-state index in [-0.39, 0.29) is 11.5 Å². The summed E-state index contributed by atoms with van der Waals surface area (Å²) in [5.74, 6) is -0.00559. The van der Waals surface area contributed by atoms with Gasteiger partial charge in [0.1, 0.15) is 6.04 Å². The van der Waals surface area contributed by atoms with Crippen LogP contribution in [0, 0.1) is 6.92 Å². The van der Waals surface area contributed by atoms with Gasteiger partial charge in [0.15, 0.2) is 5.82 Å². The average Bonchev–Trinajstić information content (AvgIpc) is 3.15. The Balaban J connectivity index is 1.65. The fraction of sp³-hybridized carbons (Fsp3) is 0.158. The second-order valence-corrected chi connectivity index (χ2v) is 6.99. The van der Waals surface area contributed by atoms with Gasteiger partial charge < -0.3 is 25.6 Å². The first-order valence-electron chi connectivity index (χ1n) is 8.70. The zero-order valence-electron chi connectivity index (χ0n) is 15.6. The van der Waals surface area contributed by atoms with Gasteiger partial charge in [-0.2, -0.15) is 4.98 Å². The zero-order chi connectivity index (χ0) is 21.7. The molecule has 0 radical (unpaired) electrons. The molecule has 11 heteroatoms. The van der Waals surface area contributed by atoms with E-state index in [9.17, 15) is 14.7 Å². The molecule has 3 amide bonds. The largest absolute Gasteiger partial charge is 0.394 e. The summed E-state index contributed by atoms with van der Waals surface area (Å²) in [6.45, 7) is 1.21. The number of aliphatic hydroxyl groups excluding tert-OH is 1. The first-order chi connectivity index (χ1) is 14.4. The Morgan fingerprint density at radius 3 is 2.47 bits per heavy atom. The number of aliphatic hydroxyl groups is 1. The molecule has 0 aliphatic heterocycles. The lowest BCUT2D eigenvalue weighted by Crippen LogP contribution is -2.31. The summed E-state index contributed by atoms with van der Waals surface area (Å²) >= 11 is 11.8. The first-order valence-corrected chi connectivity index (χ1v) is 9.46. The van der Waals surface area contributed by atoms with Crippen molar-refractivity contribution < 1.29 is 19.2 Å². The summed E-state index contributed by atoms with van der Waals surface area (Å²) in [7, 11) is 0. The summed E-state index contributed by atoms with van der Waals surface area (Å²) in [6, 6.07) is 9.57. The number of benzene rings is 2. The van der Waals surface area contributed by atoms with Crippen LogP contribution in [0.5, 0.6) is 0 Å². The molecule has 1 unspecified atom stereocenters. The SMILES string of the molecule is Cc1noc(C(CO)NC(=O)c2cccc(NC(=O)Nc3ccc(Cl)c(Cl)c3)c2)n1. The van der Waals surface area contributed by atoms with Gasteiger partial charge in [0.25, 0.3) is 11.8 Å². The predicted octanol–water partition coefficient (Wildman–Crippen LogP) is 3.79. The van der Waals surface area contributed by atoms with Crippen LogP contribution in [-0.2, 0) is 0 Å². The van der Waals surface area contributed by atoms with Crippen molar-refractivity contribution in [1.29, 1.82) is 0 Å². The number of rotatable bonds is 6. The fourth-order valence-electron chi connectivity index (χ4n) is 2.49. The van der Waals surface area contributed by atoms with Crippen LogP contribution in [0.2, 0.25) is 10.0 Å². The third-order valence-electron chi connectivity index (χ3n) is 3.89. The Hall–Kier alpha value is -3.14. The van der Waals surface area contributed by atoms with Crippen molar-refractivity contribution in [1.82, 2.24) is 15.5 Å². The minimum absolute atomic E-state index is 0.0960. The lowest BCUT2D eigenvalue weighted by atomic mass is 10.1. The number of hydrogen-bond acceptors (Lipinski definition) is 6. The van der Waals surface area contributed by atoms with E-state index in [4.69, 9.17) is 27.7 Å². The Labute approximate surface area is 181 Å². The summed E-state index contributed by atoms with van der Waals surface area (Å²) in [5, 5.41) is 21.7. The lowest BCUT2D eigenvalue weighted by molar-refractivity contribution is 0.0901. The molecule has 3 rings (SSSR count). The van der Waals surface area contributed by atoms with Crippen molar-refractivity contribution in [3.63, 3.8) is 0 Å². The van der Waals surface area contributed by atoms with Gasteiger partial charge in [0, 0.05) is 16.9 Å². The molecule has 1 aromatic heterocycles. The molecule has 0 aliphatic carbocycles. The van der Waals surface area contributed by atoms with Gasteiger partial charge >= 0.3 is 6.03 Å². The molecule has 0 bridgehead atoms. The van der Waals surface area contributed by atoms with Crippen LogP contribution in [-0.4, -0.2) is 33.8 Å². The monoisotopic (exact) mass is 449 g/mol. The molecule has 0 aliphatic rings. The highest BCUT2D eigenvalue weighted by atomic mass is 35.5. The molecular weight excluding hydrogens is 433 g/mol. The van der Waals surface area contributed by atoms with E-state index in [0.29, 0.717) is 27.2 Å². The smallest absolute Gasteiger partial charge is 0.323 e. The number of anilines is 2. The van der Waals surface area contributed by atoms with Gasteiger partial charge in [-0.1, -0.05) is 34.4 Å². The summed E-state index contributed by atoms with van der Waals surface area (Å²) in [4.78, 5) is 28.7. The molecule has 156 valence electrons. The van der Waals surface area contributed by atoms with Gasteiger partial charge in [-0.15, -0.1) is 0 Å². The Bertz CT molecular complexity index is 1070. The highest BCUT2D eigenvalue weighted by Crippen LogP contribution is 2.25. The van der Waals surface area contributed by atoms with Crippen molar-refractivity contribution in [3.8, 4) is 0 Å². The molecule has 9 nitrogen and oxygen atoms in total. The van der Waals surface area contributed by atoms with Crippen LogP contribution in [0.4, 0.5) is 16.2 Å². The second kappa shape index (κ2) is 9.57. The minimum Gasteiger partial charge on any atom is -0.394 e. The van der Waals surface area contributed by atoms with Crippen LogP contribution in [0.25, 0.3) is 0 Å². The van der Waals surface area contributed by atoms with E-state index >= 15 is 0 Å². The van der Waals surface area contributed by atoms with Crippen LogP contribution in [0.3, 0.4) is 0 Å². The summed E-state index contributed by atoms with van der Waals surface area (Å²) in [5.41, 5.74) is 1.10. The minimum atomic E-state index is -0.853. The Morgan fingerprint density at radius 1 is 1.10 bits per heavy atom. The number of nitrogens with zero attached hydrogens (tertiary/aromatic N) is 2. The average molecular weight is 450 g/mol. The molecule has 30 heavy (non-hydrogen) atoms. The normalized spacial score (nSPS) is 11.6. The van der Waals surface area contributed by atoms with Crippen LogP contribution < -0.4 is 16.0 Å². The quantitative estimate of drug-likeness (QED) is 0.452. The predicted molar refractivity (Wildman–Crippen MR) is 112 cm³/mol. The molecular formula is C19H17Cl2N5O4. The number of amides is 3. The summed E-state index contributed by atoms with van der Waals surface area (Å²) in [6.07, 6.45) is 0. The van der Waals surface area contributed by atoms with E-state index in [2.05, 4.69) is 26.1 Å². The van der Waals surface area contributed by atoms with Gasteiger partial charge in [-0.05, 0) is 43.3 Å². The standard InChI is InChI=1S/C19H17Cl2N5O4/c1-10-22-18(30-26-10)16(9-27)25-17(28)11-3-2-4-12(7-11)23-19(29)24-13-5-6-14(20)15(21)8-13/h2-8,16,27H,9H2,1H3,(H,25,28)(H2,23,24,29). The molecule has 0 fully saturated rings. The molecule has 2 aromatic carbocycles. The highest BCUT2D eigenvalue weighted by molar-refractivity contribution is 6.42. The third kappa shape index (κ3) is 5.47. The van der Waals surface area contributed by atoms with Gasteiger partial charge in [-0.3, -0.25) is 4.79 Å². The van der Waals surface area contributed by atoms with E-state index in [1.165, 1.54) is 12.1 Å². The maximum absolute atomic E-state index is 12.5. The number of carbonyl (C=O) groups excluding carboxylic acids is 2. The third-order valence-corrected chi connectivity index (χ3v) is 4.63. The number of urea groups is 1. The Morgan fingerprint density at radius 2 is 1.83 bits per heavy atom. The van der Waals surface area contributed by atoms with E-state index in [1.807, 2.05) is 0 Å². The van der Waals surface area contributed by atoms with Crippen molar-refractivity contribution in [2.75, 3.05) is 17.2 Å². The molecule has 0 saturated heterocycles. The summed E-state index contributed by atoms with van der Waals surface area (Å²) < 4.78 is 4.98. The zero-order valence-corrected chi connectivity index (χ0v) is 17.2. The van der Waals surface area contributed by atoms with Crippen molar-refractivity contribution >= 4 is 46.5 Å². The van der Waals surface area contributed by atoms with E-state index < -0.39 is 24.6 Å². The van der Waals surface area contributed by atoms with Crippen LogP contribution in [0.1, 0.15) is 28.1 Å². The maximum Gasteiger partial charge on any atom is 0.323 e. The number of aromatic nitrogens is 2. The number of nitrogens with one attached hydrogen (secondary N) is 3. The molecule has 3 aromatic rings. The highest BCUT2D eigenvalue weighted by Gasteiger charge is 2.20. The molecule has 0 saturated carbocycles. The number of carbonyl (C=O) groups is 2. The molecule has 0 spiro atoms. The maximum atomic E-state index is 12.5. The van der Waals surface area contributed by atoms with Crippen molar-refractivity contribution in [2.45, 2.75) is 13.0 Å². The number of hydrogen-bond donors (Lipinski definition) is 4. The number of aryl methyl sites for hydroxylation is 1. The Kier molecular flexibility index (Phi) is 6.88. The van der Waals surface area contributed by atoms with E-state index in [0.717, 1.165) is 0 Å². The van der Waals surface area contributed by atoms with Crippen molar-refractivity contribution in [2.24, 2.45) is 0 Å². The molecule has 4 N–H and O–H groups in total.